The highest BCUT2D eigenvalue weighted by atomic mass is 32.1. The van der Waals surface area contributed by atoms with Crippen molar-refractivity contribution in [2.24, 2.45) is 0 Å². The van der Waals surface area contributed by atoms with Crippen LogP contribution in [0.25, 0.3) is 6.08 Å². The van der Waals surface area contributed by atoms with Gasteiger partial charge in [-0.2, -0.15) is 0 Å². The summed E-state index contributed by atoms with van der Waals surface area (Å²) in [6.45, 7) is 8.51. The van der Waals surface area contributed by atoms with E-state index in [2.05, 4.69) is 20.3 Å². The number of nitrogens with one attached hydrogen (secondary N) is 1. The predicted octanol–water partition coefficient (Wildman–Crippen LogP) is 4.77. The van der Waals surface area contributed by atoms with E-state index < -0.39 is 0 Å². The quantitative estimate of drug-likeness (QED) is 0.595. The first-order valence-corrected chi connectivity index (χ1v) is 10.1. The fourth-order valence-electron chi connectivity index (χ4n) is 2.48. The van der Waals surface area contributed by atoms with Gasteiger partial charge in [0.25, 0.3) is 0 Å². The van der Waals surface area contributed by atoms with Crippen LogP contribution in [0.3, 0.4) is 0 Å². The molecule has 0 aliphatic heterocycles. The van der Waals surface area contributed by atoms with Crippen LogP contribution in [0.15, 0.2) is 48.1 Å². The second kappa shape index (κ2) is 8.96. The third-order valence-corrected chi connectivity index (χ3v) is 4.75. The molecule has 150 valence electrons. The first-order valence-electron chi connectivity index (χ1n) is 9.25. The van der Waals surface area contributed by atoms with Crippen LogP contribution in [0.5, 0.6) is 5.75 Å². The van der Waals surface area contributed by atoms with Gasteiger partial charge in [0.05, 0.1) is 28.8 Å². The normalized spacial score (nSPS) is 11.6. The van der Waals surface area contributed by atoms with Crippen LogP contribution in [0.1, 0.15) is 42.9 Å². The number of benzene rings is 1. The number of nitrogens with zero attached hydrogens (tertiary/aromatic N) is 3. The van der Waals surface area contributed by atoms with Gasteiger partial charge in [0.2, 0.25) is 5.91 Å². The van der Waals surface area contributed by atoms with Crippen molar-refractivity contribution in [3.05, 3.63) is 70.2 Å². The summed E-state index contributed by atoms with van der Waals surface area (Å²) in [5.41, 5.74) is 2.20. The fourth-order valence-corrected chi connectivity index (χ4v) is 3.07. The number of hydrogen-bond donors (Lipinski definition) is 1. The molecular weight excluding hydrogens is 384 g/mol. The molecule has 0 spiro atoms. The molecule has 3 aromatic rings. The van der Waals surface area contributed by atoms with Gasteiger partial charge >= 0.3 is 0 Å². The number of carbonyl (C=O) groups excluding carboxylic acids is 1. The third kappa shape index (κ3) is 6.22. The number of rotatable bonds is 6. The Morgan fingerprint density at radius 3 is 2.66 bits per heavy atom. The summed E-state index contributed by atoms with van der Waals surface area (Å²) in [4.78, 5) is 25.2. The monoisotopic (exact) mass is 408 g/mol. The second-order valence-electron chi connectivity index (χ2n) is 7.59. The molecule has 0 bridgehead atoms. The minimum absolute atomic E-state index is 0.131. The van der Waals surface area contributed by atoms with E-state index in [4.69, 9.17) is 4.74 Å². The van der Waals surface area contributed by atoms with Crippen LogP contribution in [-0.2, 0) is 16.8 Å². The molecule has 0 saturated heterocycles. The highest BCUT2D eigenvalue weighted by Gasteiger charge is 2.16. The molecule has 0 aliphatic carbocycles. The molecule has 3 rings (SSSR count). The minimum Gasteiger partial charge on any atom is -0.487 e. The zero-order valence-electron chi connectivity index (χ0n) is 17.0. The second-order valence-corrected chi connectivity index (χ2v) is 8.65. The summed E-state index contributed by atoms with van der Waals surface area (Å²) < 4.78 is 5.78. The third-order valence-electron chi connectivity index (χ3n) is 3.93. The van der Waals surface area contributed by atoms with E-state index in [9.17, 15) is 4.79 Å². The molecule has 0 radical (unpaired) electrons. The van der Waals surface area contributed by atoms with Crippen molar-refractivity contribution < 1.29 is 9.53 Å². The van der Waals surface area contributed by atoms with Gasteiger partial charge in [0.1, 0.15) is 18.2 Å². The van der Waals surface area contributed by atoms with Crippen LogP contribution >= 0.6 is 11.3 Å². The molecular formula is C22H24N4O2S. The lowest BCUT2D eigenvalue weighted by molar-refractivity contribution is -0.111. The number of amides is 1. The molecule has 1 aromatic carbocycles. The van der Waals surface area contributed by atoms with Crippen molar-refractivity contribution >= 4 is 29.0 Å². The Morgan fingerprint density at radius 2 is 2.00 bits per heavy atom. The van der Waals surface area contributed by atoms with Crippen LogP contribution in [0, 0.1) is 6.92 Å². The summed E-state index contributed by atoms with van der Waals surface area (Å²) in [6, 6.07) is 7.55. The van der Waals surface area contributed by atoms with E-state index in [0.29, 0.717) is 12.3 Å². The topological polar surface area (TPSA) is 77.0 Å². The number of ether oxygens (including phenoxy) is 1. The number of hydrogen-bond acceptors (Lipinski definition) is 6. The summed E-state index contributed by atoms with van der Waals surface area (Å²) in [7, 11) is 0. The van der Waals surface area contributed by atoms with E-state index >= 15 is 0 Å². The number of aryl methyl sites for hydroxylation is 1. The van der Waals surface area contributed by atoms with Crippen molar-refractivity contribution in [1.29, 1.82) is 0 Å². The largest absolute Gasteiger partial charge is 0.487 e. The lowest BCUT2D eigenvalue weighted by Crippen LogP contribution is -2.16. The smallest absolute Gasteiger partial charge is 0.248 e. The van der Waals surface area contributed by atoms with E-state index in [1.165, 1.54) is 6.08 Å². The van der Waals surface area contributed by atoms with Crippen LogP contribution in [0.2, 0.25) is 0 Å². The Bertz CT molecular complexity index is 1000. The molecule has 0 aliphatic rings. The SMILES string of the molecule is Cc1nc(COc2cccc(/C=C/C(=O)Nc3cnc(C(C)(C)C)nc3)c2)cs1. The number of anilines is 1. The maximum atomic E-state index is 12.2. The summed E-state index contributed by atoms with van der Waals surface area (Å²) >= 11 is 1.60. The average Bonchev–Trinajstić information content (AvgIpc) is 3.10. The fraction of sp³-hybridized carbons (Fsp3) is 0.273. The van der Waals surface area contributed by atoms with Crippen molar-refractivity contribution in [3.63, 3.8) is 0 Å². The zero-order chi connectivity index (χ0) is 20.9. The van der Waals surface area contributed by atoms with Crippen LogP contribution < -0.4 is 10.1 Å². The zero-order valence-corrected chi connectivity index (χ0v) is 17.8. The Balaban J connectivity index is 1.57. The number of aromatic nitrogens is 3. The van der Waals surface area contributed by atoms with Gasteiger partial charge in [0, 0.05) is 16.9 Å². The molecule has 2 aromatic heterocycles. The molecule has 2 heterocycles. The van der Waals surface area contributed by atoms with Gasteiger partial charge in [-0.25, -0.2) is 15.0 Å². The standard InChI is InChI=1S/C22H24N4O2S/c1-15-25-18(14-29-15)13-28-19-7-5-6-16(10-19)8-9-20(27)26-17-11-23-21(24-12-17)22(2,3)4/h5-12,14H,13H2,1-4H3,(H,26,27)/b9-8+. The van der Waals surface area contributed by atoms with Gasteiger partial charge in [0.15, 0.2) is 0 Å². The molecule has 6 nitrogen and oxygen atoms in total. The summed E-state index contributed by atoms with van der Waals surface area (Å²) in [5.74, 6) is 1.21. The lowest BCUT2D eigenvalue weighted by atomic mass is 9.96. The van der Waals surface area contributed by atoms with Crippen molar-refractivity contribution in [2.45, 2.75) is 39.7 Å². The first-order chi connectivity index (χ1) is 13.8. The number of thiazole rings is 1. The minimum atomic E-state index is -0.249. The molecule has 1 N–H and O–H groups in total. The van der Waals surface area contributed by atoms with Gasteiger partial charge in [-0.1, -0.05) is 32.9 Å². The van der Waals surface area contributed by atoms with Crippen molar-refractivity contribution in [2.75, 3.05) is 5.32 Å². The predicted molar refractivity (Wildman–Crippen MR) is 116 cm³/mol. The molecule has 0 fully saturated rings. The Morgan fingerprint density at radius 1 is 1.24 bits per heavy atom. The first kappa shape index (κ1) is 20.7. The average molecular weight is 409 g/mol. The maximum absolute atomic E-state index is 12.2. The van der Waals surface area contributed by atoms with Crippen molar-refractivity contribution in [3.8, 4) is 5.75 Å². The lowest BCUT2D eigenvalue weighted by Gasteiger charge is -2.16. The van der Waals surface area contributed by atoms with E-state index in [1.54, 1.807) is 29.8 Å². The van der Waals surface area contributed by atoms with Crippen LogP contribution in [0.4, 0.5) is 5.69 Å². The van der Waals surface area contributed by atoms with Gasteiger partial charge < -0.3 is 10.1 Å². The van der Waals surface area contributed by atoms with Gasteiger partial charge in [-0.05, 0) is 30.7 Å². The highest BCUT2D eigenvalue weighted by Crippen LogP contribution is 2.19. The van der Waals surface area contributed by atoms with E-state index in [0.717, 1.165) is 27.8 Å². The Hall–Kier alpha value is -3.06. The highest BCUT2D eigenvalue weighted by molar-refractivity contribution is 7.09. The van der Waals surface area contributed by atoms with E-state index in [-0.39, 0.29) is 11.3 Å². The van der Waals surface area contributed by atoms with Gasteiger partial charge in [-0.3, -0.25) is 4.79 Å². The Labute approximate surface area is 174 Å². The summed E-state index contributed by atoms with van der Waals surface area (Å²) in [5, 5.41) is 5.77. The molecule has 29 heavy (non-hydrogen) atoms. The van der Waals surface area contributed by atoms with Crippen molar-refractivity contribution in [1.82, 2.24) is 15.0 Å². The van der Waals surface area contributed by atoms with Gasteiger partial charge in [-0.15, -0.1) is 11.3 Å². The molecule has 0 unspecified atom stereocenters. The number of carbonyl (C=O) groups is 1. The van der Waals surface area contributed by atoms with Crippen LogP contribution in [-0.4, -0.2) is 20.9 Å². The maximum Gasteiger partial charge on any atom is 0.248 e. The molecule has 0 atom stereocenters. The van der Waals surface area contributed by atoms with E-state index in [1.807, 2.05) is 57.3 Å². The molecule has 7 heteroatoms. The molecule has 1 amide bonds. The Kier molecular flexibility index (Phi) is 6.39. The molecule has 0 saturated carbocycles. The summed E-state index contributed by atoms with van der Waals surface area (Å²) in [6.07, 6.45) is 6.45.